The van der Waals surface area contributed by atoms with Gasteiger partial charge >= 0.3 is 12.1 Å². The van der Waals surface area contributed by atoms with Crippen LogP contribution in [0.25, 0.3) is 0 Å². The molecule has 0 aliphatic carbocycles. The average Bonchev–Trinajstić information content (AvgIpc) is 2.76. The van der Waals surface area contributed by atoms with E-state index in [1.807, 2.05) is 0 Å². The van der Waals surface area contributed by atoms with Gasteiger partial charge in [-0.15, -0.1) is 11.3 Å². The van der Waals surface area contributed by atoms with Crippen molar-refractivity contribution in [2.45, 2.75) is 19.1 Å². The van der Waals surface area contributed by atoms with Crippen LogP contribution < -0.4 is 5.32 Å². The highest BCUT2D eigenvalue weighted by Gasteiger charge is 2.27. The van der Waals surface area contributed by atoms with Gasteiger partial charge in [-0.1, -0.05) is 0 Å². The van der Waals surface area contributed by atoms with Crippen LogP contribution in [0.1, 0.15) is 26.3 Å². The van der Waals surface area contributed by atoms with Crippen molar-refractivity contribution in [3.8, 4) is 0 Å². The highest BCUT2D eigenvalue weighted by atomic mass is 32.1. The third-order valence-electron chi connectivity index (χ3n) is 2.05. The van der Waals surface area contributed by atoms with Crippen LogP contribution in [0.2, 0.25) is 0 Å². The van der Waals surface area contributed by atoms with Crippen LogP contribution in [0.15, 0.2) is 12.1 Å². The van der Waals surface area contributed by atoms with E-state index < -0.39 is 30.7 Å². The Hall–Kier alpha value is -1.61. The first kappa shape index (κ1) is 16.4. The number of carboxylic acids is 1. The van der Waals surface area contributed by atoms with Crippen LogP contribution in [0.5, 0.6) is 0 Å². The molecule has 0 bridgehead atoms. The van der Waals surface area contributed by atoms with E-state index in [0.29, 0.717) is 0 Å². The lowest BCUT2D eigenvalue weighted by atomic mass is 10.3. The first-order valence-electron chi connectivity index (χ1n) is 5.47. The molecule has 2 N–H and O–H groups in total. The minimum absolute atomic E-state index is 0.0103. The molecule has 5 nitrogen and oxygen atoms in total. The summed E-state index contributed by atoms with van der Waals surface area (Å²) in [6.45, 7) is -0.183. The maximum absolute atomic E-state index is 11.8. The van der Waals surface area contributed by atoms with Crippen molar-refractivity contribution >= 4 is 23.2 Å². The maximum atomic E-state index is 11.8. The molecule has 0 spiro atoms. The van der Waals surface area contributed by atoms with Crippen molar-refractivity contribution in [3.05, 3.63) is 21.9 Å². The number of hydrogen-bond acceptors (Lipinski definition) is 4. The summed E-state index contributed by atoms with van der Waals surface area (Å²) < 4.78 is 39.9. The summed E-state index contributed by atoms with van der Waals surface area (Å²) in [7, 11) is 0. The number of carbonyl (C=O) groups excluding carboxylic acids is 1. The van der Waals surface area contributed by atoms with Crippen LogP contribution in [0.4, 0.5) is 13.2 Å². The van der Waals surface area contributed by atoms with Gasteiger partial charge in [0, 0.05) is 6.04 Å². The fourth-order valence-electron chi connectivity index (χ4n) is 1.26. The molecule has 9 heteroatoms. The van der Waals surface area contributed by atoms with Crippen LogP contribution in [0.3, 0.4) is 0 Å². The van der Waals surface area contributed by atoms with E-state index in [0.717, 1.165) is 11.3 Å². The number of hydrogen-bond donors (Lipinski definition) is 2. The number of rotatable bonds is 6. The molecule has 0 radical (unpaired) electrons. The predicted molar refractivity (Wildman–Crippen MR) is 65.1 cm³/mol. The first-order valence-corrected chi connectivity index (χ1v) is 6.29. The summed E-state index contributed by atoms with van der Waals surface area (Å²) in [4.78, 5) is 22.5. The van der Waals surface area contributed by atoms with Gasteiger partial charge < -0.3 is 15.2 Å². The number of halogens is 3. The number of alkyl halides is 3. The van der Waals surface area contributed by atoms with E-state index >= 15 is 0 Å². The quantitative estimate of drug-likeness (QED) is 0.844. The summed E-state index contributed by atoms with van der Waals surface area (Å²) >= 11 is 0.787. The van der Waals surface area contributed by atoms with Crippen molar-refractivity contribution in [1.29, 1.82) is 0 Å². The molecule has 0 aliphatic rings. The molecule has 0 saturated heterocycles. The molecule has 1 aromatic rings. The minimum atomic E-state index is -4.41. The smallest absolute Gasteiger partial charge is 0.411 e. The molecular weight excluding hydrogens is 299 g/mol. The summed E-state index contributed by atoms with van der Waals surface area (Å²) in [6, 6.07) is 2.00. The molecule has 1 unspecified atom stereocenters. The Morgan fingerprint density at radius 3 is 2.50 bits per heavy atom. The molecule has 0 fully saturated rings. The lowest BCUT2D eigenvalue weighted by Gasteiger charge is -2.14. The lowest BCUT2D eigenvalue weighted by Crippen LogP contribution is -2.36. The van der Waals surface area contributed by atoms with Gasteiger partial charge in [-0.3, -0.25) is 4.79 Å². The van der Waals surface area contributed by atoms with Gasteiger partial charge in [0.2, 0.25) is 0 Å². The van der Waals surface area contributed by atoms with E-state index in [1.54, 1.807) is 0 Å². The second-order valence-corrected chi connectivity index (χ2v) is 5.06. The highest BCUT2D eigenvalue weighted by molar-refractivity contribution is 7.15. The number of amides is 1. The van der Waals surface area contributed by atoms with Gasteiger partial charge in [0.15, 0.2) is 0 Å². The third-order valence-corrected chi connectivity index (χ3v) is 3.12. The molecule has 0 saturated carbocycles. The normalized spacial score (nSPS) is 13.0. The third kappa shape index (κ3) is 5.57. The number of carbonyl (C=O) groups is 2. The summed E-state index contributed by atoms with van der Waals surface area (Å²) in [5.41, 5.74) is 0. The van der Waals surface area contributed by atoms with Crippen LogP contribution in [-0.2, 0) is 4.74 Å². The topological polar surface area (TPSA) is 75.6 Å². The minimum Gasteiger partial charge on any atom is -0.477 e. The number of ether oxygens (including phenoxy) is 1. The second-order valence-electron chi connectivity index (χ2n) is 3.97. The summed E-state index contributed by atoms with van der Waals surface area (Å²) in [5, 5.41) is 11.1. The molecule has 0 aromatic carbocycles. The van der Waals surface area contributed by atoms with E-state index in [2.05, 4.69) is 10.1 Å². The maximum Gasteiger partial charge on any atom is 0.411 e. The SMILES string of the molecule is CC(COCC(F)(F)F)NC(=O)c1ccc(C(=O)O)s1. The number of carboxylic acid groups (broad SMARTS) is 1. The predicted octanol–water partition coefficient (Wildman–Crippen LogP) is 2.14. The number of aromatic carboxylic acids is 1. The zero-order valence-electron chi connectivity index (χ0n) is 10.4. The molecule has 112 valence electrons. The van der Waals surface area contributed by atoms with Crippen molar-refractivity contribution in [3.63, 3.8) is 0 Å². The Kier molecular flexibility index (Phi) is 5.52. The Bertz CT molecular complexity index is 486. The molecule has 1 heterocycles. The zero-order valence-corrected chi connectivity index (χ0v) is 11.2. The summed E-state index contributed by atoms with van der Waals surface area (Å²) in [6.07, 6.45) is -4.41. The largest absolute Gasteiger partial charge is 0.477 e. The molecule has 1 atom stereocenters. The molecule has 20 heavy (non-hydrogen) atoms. The Morgan fingerprint density at radius 1 is 1.40 bits per heavy atom. The van der Waals surface area contributed by atoms with E-state index in [1.165, 1.54) is 19.1 Å². The number of thiophene rings is 1. The molecule has 1 rings (SSSR count). The van der Waals surface area contributed by atoms with Gasteiger partial charge in [-0.25, -0.2) is 4.79 Å². The van der Waals surface area contributed by atoms with E-state index in [-0.39, 0.29) is 16.4 Å². The second kappa shape index (κ2) is 6.71. The Morgan fingerprint density at radius 2 is 2.00 bits per heavy atom. The molecule has 1 amide bonds. The Labute approximate surface area is 116 Å². The van der Waals surface area contributed by atoms with E-state index in [9.17, 15) is 22.8 Å². The average molecular weight is 311 g/mol. The van der Waals surface area contributed by atoms with Crippen molar-refractivity contribution in [1.82, 2.24) is 5.32 Å². The van der Waals surface area contributed by atoms with Crippen LogP contribution in [-0.4, -0.2) is 42.4 Å². The van der Waals surface area contributed by atoms with Gasteiger partial charge in [0.25, 0.3) is 5.91 Å². The first-order chi connectivity index (χ1) is 9.19. The van der Waals surface area contributed by atoms with Gasteiger partial charge in [0.05, 0.1) is 11.5 Å². The van der Waals surface area contributed by atoms with Crippen LogP contribution in [0, 0.1) is 0 Å². The molecule has 1 aromatic heterocycles. The monoisotopic (exact) mass is 311 g/mol. The van der Waals surface area contributed by atoms with Crippen molar-refractivity contribution in [2.24, 2.45) is 0 Å². The number of nitrogens with one attached hydrogen (secondary N) is 1. The van der Waals surface area contributed by atoms with Crippen molar-refractivity contribution in [2.75, 3.05) is 13.2 Å². The van der Waals surface area contributed by atoms with E-state index in [4.69, 9.17) is 5.11 Å². The summed E-state index contributed by atoms with van der Waals surface area (Å²) in [5.74, 6) is -1.69. The fraction of sp³-hybridized carbons (Fsp3) is 0.455. The molecule has 0 aliphatic heterocycles. The van der Waals surface area contributed by atoms with Crippen LogP contribution >= 0.6 is 11.3 Å². The lowest BCUT2D eigenvalue weighted by molar-refractivity contribution is -0.174. The van der Waals surface area contributed by atoms with Gasteiger partial charge in [-0.05, 0) is 19.1 Å². The Balaban J connectivity index is 2.42. The highest BCUT2D eigenvalue weighted by Crippen LogP contribution is 2.17. The van der Waals surface area contributed by atoms with Gasteiger partial charge in [-0.2, -0.15) is 13.2 Å². The molecular formula is C11H12F3NO4S. The van der Waals surface area contributed by atoms with Crippen molar-refractivity contribution < 1.29 is 32.6 Å². The zero-order chi connectivity index (χ0) is 15.3. The standard InChI is InChI=1S/C11H12F3NO4S/c1-6(4-19-5-11(12,13)14)15-9(16)7-2-3-8(20-7)10(17)18/h2-3,6H,4-5H2,1H3,(H,15,16)(H,17,18). The van der Waals surface area contributed by atoms with Gasteiger partial charge in [0.1, 0.15) is 11.5 Å². The fourth-order valence-corrected chi connectivity index (χ4v) is 2.01.